The Morgan fingerprint density at radius 3 is 2.83 bits per heavy atom. The van der Waals surface area contributed by atoms with Crippen LogP contribution in [0.3, 0.4) is 0 Å². The zero-order valence-corrected chi connectivity index (χ0v) is 10.9. The highest BCUT2D eigenvalue weighted by molar-refractivity contribution is 5.80. The Morgan fingerprint density at radius 1 is 1.33 bits per heavy atom. The Morgan fingerprint density at radius 2 is 2.17 bits per heavy atom. The van der Waals surface area contributed by atoms with Gasteiger partial charge < -0.3 is 16.0 Å². The van der Waals surface area contributed by atoms with Gasteiger partial charge in [0.05, 0.1) is 5.92 Å². The lowest BCUT2D eigenvalue weighted by Gasteiger charge is -2.31. The maximum Gasteiger partial charge on any atom is 0.222 e. The molecule has 3 N–H and O–H groups in total. The fourth-order valence-electron chi connectivity index (χ4n) is 2.88. The molecule has 0 saturated carbocycles. The molecule has 0 radical (unpaired) electrons. The Labute approximate surface area is 108 Å². The van der Waals surface area contributed by atoms with E-state index in [9.17, 15) is 9.59 Å². The number of nitrogens with one attached hydrogen (secondary N) is 1. The molecule has 2 aliphatic rings. The van der Waals surface area contributed by atoms with Crippen LogP contribution in [-0.4, -0.2) is 42.9 Å². The lowest BCUT2D eigenvalue weighted by molar-refractivity contribution is -0.135. The quantitative estimate of drug-likeness (QED) is 0.746. The third-order valence-electron chi connectivity index (χ3n) is 4.11. The SMILES string of the molecule is NC(=O)C1CCCN(C(=O)CCC2CCNC2)C1. The van der Waals surface area contributed by atoms with Crippen LogP contribution in [0.15, 0.2) is 0 Å². The first kappa shape index (κ1) is 13.3. The van der Waals surface area contributed by atoms with E-state index in [1.165, 1.54) is 6.42 Å². The zero-order chi connectivity index (χ0) is 13.0. The molecule has 18 heavy (non-hydrogen) atoms. The number of amides is 2. The number of piperidine rings is 1. The van der Waals surface area contributed by atoms with E-state index < -0.39 is 0 Å². The summed E-state index contributed by atoms with van der Waals surface area (Å²) in [6, 6.07) is 0. The third-order valence-corrected chi connectivity index (χ3v) is 4.11. The van der Waals surface area contributed by atoms with Crippen molar-refractivity contribution < 1.29 is 9.59 Å². The van der Waals surface area contributed by atoms with Crippen LogP contribution < -0.4 is 11.1 Å². The van der Waals surface area contributed by atoms with Crippen molar-refractivity contribution in [3.8, 4) is 0 Å². The summed E-state index contributed by atoms with van der Waals surface area (Å²) in [5.41, 5.74) is 5.32. The minimum atomic E-state index is -0.271. The molecule has 2 aliphatic heterocycles. The van der Waals surface area contributed by atoms with Gasteiger partial charge in [0, 0.05) is 19.5 Å². The number of likely N-dealkylation sites (tertiary alicyclic amines) is 1. The van der Waals surface area contributed by atoms with Crippen molar-refractivity contribution in [1.29, 1.82) is 0 Å². The fraction of sp³-hybridized carbons (Fsp3) is 0.846. The Bertz CT molecular complexity index is 313. The van der Waals surface area contributed by atoms with Gasteiger partial charge in [-0.15, -0.1) is 0 Å². The largest absolute Gasteiger partial charge is 0.369 e. The average molecular weight is 253 g/mol. The number of primary amides is 1. The lowest BCUT2D eigenvalue weighted by atomic mass is 9.96. The minimum Gasteiger partial charge on any atom is -0.369 e. The second kappa shape index (κ2) is 6.18. The molecule has 2 heterocycles. The number of carbonyl (C=O) groups is 2. The van der Waals surface area contributed by atoms with Gasteiger partial charge in [0.1, 0.15) is 0 Å². The first-order valence-corrected chi connectivity index (χ1v) is 6.94. The maximum atomic E-state index is 12.1. The topological polar surface area (TPSA) is 75.4 Å². The molecule has 5 heteroatoms. The molecule has 0 aromatic carbocycles. The van der Waals surface area contributed by atoms with Gasteiger partial charge in [-0.25, -0.2) is 0 Å². The van der Waals surface area contributed by atoms with Gasteiger partial charge in [-0.05, 0) is 44.7 Å². The second-order valence-corrected chi connectivity index (χ2v) is 5.48. The number of hydrogen-bond donors (Lipinski definition) is 2. The van der Waals surface area contributed by atoms with Crippen LogP contribution in [-0.2, 0) is 9.59 Å². The number of hydrogen-bond acceptors (Lipinski definition) is 3. The summed E-state index contributed by atoms with van der Waals surface area (Å²) >= 11 is 0. The van der Waals surface area contributed by atoms with Crippen molar-refractivity contribution in [2.45, 2.75) is 32.1 Å². The smallest absolute Gasteiger partial charge is 0.222 e. The molecule has 2 saturated heterocycles. The molecular formula is C13H23N3O2. The van der Waals surface area contributed by atoms with Crippen molar-refractivity contribution in [3.05, 3.63) is 0 Å². The maximum absolute atomic E-state index is 12.1. The normalized spacial score (nSPS) is 28.3. The van der Waals surface area contributed by atoms with Gasteiger partial charge in [-0.3, -0.25) is 9.59 Å². The number of nitrogens with two attached hydrogens (primary N) is 1. The van der Waals surface area contributed by atoms with E-state index in [2.05, 4.69) is 5.32 Å². The highest BCUT2D eigenvalue weighted by Gasteiger charge is 2.27. The van der Waals surface area contributed by atoms with E-state index in [-0.39, 0.29) is 17.7 Å². The van der Waals surface area contributed by atoms with Crippen molar-refractivity contribution >= 4 is 11.8 Å². The number of carbonyl (C=O) groups excluding carboxylic acids is 2. The van der Waals surface area contributed by atoms with Crippen LogP contribution in [0.1, 0.15) is 32.1 Å². The number of rotatable bonds is 4. The summed E-state index contributed by atoms with van der Waals surface area (Å²) in [6.07, 6.45) is 4.47. The van der Waals surface area contributed by atoms with E-state index in [0.29, 0.717) is 18.9 Å². The van der Waals surface area contributed by atoms with Crippen LogP contribution in [0, 0.1) is 11.8 Å². The van der Waals surface area contributed by atoms with Gasteiger partial charge >= 0.3 is 0 Å². The Kier molecular flexibility index (Phi) is 4.58. The molecule has 0 aromatic rings. The van der Waals surface area contributed by atoms with Crippen LogP contribution in [0.25, 0.3) is 0 Å². The van der Waals surface area contributed by atoms with Crippen molar-refractivity contribution in [2.24, 2.45) is 17.6 Å². The molecule has 0 aromatic heterocycles. The highest BCUT2D eigenvalue weighted by atomic mass is 16.2. The summed E-state index contributed by atoms with van der Waals surface area (Å²) in [7, 11) is 0. The van der Waals surface area contributed by atoms with Gasteiger partial charge in [0.25, 0.3) is 0 Å². The van der Waals surface area contributed by atoms with Crippen molar-refractivity contribution in [1.82, 2.24) is 10.2 Å². The average Bonchev–Trinajstić information content (AvgIpc) is 2.89. The minimum absolute atomic E-state index is 0.143. The van der Waals surface area contributed by atoms with E-state index in [1.807, 2.05) is 4.90 Å². The third kappa shape index (κ3) is 3.45. The predicted octanol–water partition coefficient (Wildman–Crippen LogP) is 0.1000. The van der Waals surface area contributed by atoms with Crippen LogP contribution >= 0.6 is 0 Å². The first-order valence-electron chi connectivity index (χ1n) is 6.94. The molecular weight excluding hydrogens is 230 g/mol. The molecule has 0 bridgehead atoms. The Balaban J connectivity index is 1.75. The lowest BCUT2D eigenvalue weighted by Crippen LogP contribution is -2.44. The van der Waals surface area contributed by atoms with E-state index >= 15 is 0 Å². The zero-order valence-electron chi connectivity index (χ0n) is 10.9. The summed E-state index contributed by atoms with van der Waals surface area (Å²) in [5.74, 6) is 0.418. The van der Waals surface area contributed by atoms with Gasteiger partial charge in [0.2, 0.25) is 11.8 Å². The molecule has 102 valence electrons. The van der Waals surface area contributed by atoms with Crippen molar-refractivity contribution in [2.75, 3.05) is 26.2 Å². The molecule has 2 rings (SSSR count). The highest BCUT2D eigenvalue weighted by Crippen LogP contribution is 2.19. The standard InChI is InChI=1S/C13H23N3O2/c14-13(18)11-2-1-7-16(9-11)12(17)4-3-10-5-6-15-8-10/h10-11,15H,1-9H2,(H2,14,18). The number of nitrogens with zero attached hydrogens (tertiary/aromatic N) is 1. The monoisotopic (exact) mass is 253 g/mol. The van der Waals surface area contributed by atoms with Crippen LogP contribution in [0.2, 0.25) is 0 Å². The van der Waals surface area contributed by atoms with Crippen LogP contribution in [0.4, 0.5) is 0 Å². The van der Waals surface area contributed by atoms with Gasteiger partial charge in [-0.1, -0.05) is 0 Å². The molecule has 5 nitrogen and oxygen atoms in total. The predicted molar refractivity (Wildman–Crippen MR) is 68.7 cm³/mol. The van der Waals surface area contributed by atoms with Crippen LogP contribution in [0.5, 0.6) is 0 Å². The molecule has 2 unspecified atom stereocenters. The summed E-state index contributed by atoms with van der Waals surface area (Å²) in [5, 5.41) is 3.31. The van der Waals surface area contributed by atoms with E-state index in [0.717, 1.165) is 38.9 Å². The molecule has 2 fully saturated rings. The molecule has 2 amide bonds. The summed E-state index contributed by atoms with van der Waals surface area (Å²) in [6.45, 7) is 3.42. The van der Waals surface area contributed by atoms with E-state index in [4.69, 9.17) is 5.73 Å². The molecule has 0 spiro atoms. The Hall–Kier alpha value is -1.10. The van der Waals surface area contributed by atoms with Gasteiger partial charge in [0.15, 0.2) is 0 Å². The van der Waals surface area contributed by atoms with Gasteiger partial charge in [-0.2, -0.15) is 0 Å². The van der Waals surface area contributed by atoms with Crippen molar-refractivity contribution in [3.63, 3.8) is 0 Å². The van der Waals surface area contributed by atoms with E-state index in [1.54, 1.807) is 0 Å². The fourth-order valence-corrected chi connectivity index (χ4v) is 2.88. The second-order valence-electron chi connectivity index (χ2n) is 5.48. The summed E-state index contributed by atoms with van der Waals surface area (Å²) in [4.78, 5) is 25.1. The molecule has 0 aliphatic carbocycles. The first-order chi connectivity index (χ1) is 8.66. The summed E-state index contributed by atoms with van der Waals surface area (Å²) < 4.78 is 0. The molecule has 2 atom stereocenters.